The Labute approximate surface area is 168 Å². The van der Waals surface area contributed by atoms with Gasteiger partial charge in [0.2, 0.25) is 0 Å². The van der Waals surface area contributed by atoms with E-state index in [2.05, 4.69) is 15.0 Å². The molecule has 3 aromatic rings. The highest BCUT2D eigenvalue weighted by atomic mass is 35.5. The summed E-state index contributed by atoms with van der Waals surface area (Å²) in [4.78, 5) is 16.4. The number of hydrogen-bond acceptors (Lipinski definition) is 4. The number of benzene rings is 2. The van der Waals surface area contributed by atoms with Gasteiger partial charge in [0.25, 0.3) is 15.9 Å². The van der Waals surface area contributed by atoms with Gasteiger partial charge in [-0.2, -0.15) is 0 Å². The predicted octanol–water partition coefficient (Wildman–Crippen LogP) is 4.03. The fourth-order valence-corrected chi connectivity index (χ4v) is 3.87. The first-order valence-corrected chi connectivity index (χ1v) is 10.3. The van der Waals surface area contributed by atoms with Crippen molar-refractivity contribution in [3.05, 3.63) is 89.2 Å². The van der Waals surface area contributed by atoms with Crippen molar-refractivity contribution >= 4 is 33.2 Å². The van der Waals surface area contributed by atoms with Gasteiger partial charge in [-0.3, -0.25) is 14.5 Å². The highest BCUT2D eigenvalue weighted by Crippen LogP contribution is 2.24. The highest BCUT2D eigenvalue weighted by molar-refractivity contribution is 7.92. The summed E-state index contributed by atoms with van der Waals surface area (Å²) in [6.07, 6.45) is 3.31. The van der Waals surface area contributed by atoms with Crippen molar-refractivity contribution in [3.8, 4) is 0 Å². The van der Waals surface area contributed by atoms with Gasteiger partial charge in [0.1, 0.15) is 0 Å². The van der Waals surface area contributed by atoms with Gasteiger partial charge >= 0.3 is 0 Å². The first kappa shape index (κ1) is 19.9. The Morgan fingerprint density at radius 3 is 2.29 bits per heavy atom. The zero-order valence-corrected chi connectivity index (χ0v) is 16.5. The summed E-state index contributed by atoms with van der Waals surface area (Å²) >= 11 is 6.00. The first-order valence-electron chi connectivity index (χ1n) is 8.45. The molecule has 1 amide bonds. The van der Waals surface area contributed by atoms with Crippen molar-refractivity contribution in [2.75, 3.05) is 4.72 Å². The van der Waals surface area contributed by atoms with Gasteiger partial charge < -0.3 is 5.32 Å². The molecule has 0 saturated carbocycles. The Balaban J connectivity index is 1.72. The lowest BCUT2D eigenvalue weighted by Gasteiger charge is -2.14. The van der Waals surface area contributed by atoms with Crippen molar-refractivity contribution in [2.24, 2.45) is 0 Å². The van der Waals surface area contributed by atoms with Gasteiger partial charge in [-0.1, -0.05) is 23.7 Å². The Morgan fingerprint density at radius 1 is 1.00 bits per heavy atom. The highest BCUT2D eigenvalue weighted by Gasteiger charge is 2.17. The molecule has 144 valence electrons. The van der Waals surface area contributed by atoms with Crippen LogP contribution in [0.1, 0.15) is 28.9 Å². The molecule has 0 spiro atoms. The molecular formula is C20H18ClN3O3S. The minimum absolute atomic E-state index is 0.0335. The molecule has 0 aliphatic rings. The topological polar surface area (TPSA) is 88.2 Å². The van der Waals surface area contributed by atoms with Crippen LogP contribution >= 0.6 is 11.6 Å². The summed E-state index contributed by atoms with van der Waals surface area (Å²) in [5, 5.41) is 3.17. The van der Waals surface area contributed by atoms with E-state index in [1.165, 1.54) is 24.3 Å². The molecule has 0 unspecified atom stereocenters. The number of sulfonamides is 1. The molecule has 0 aliphatic heterocycles. The minimum atomic E-state index is -3.82. The number of nitrogens with one attached hydrogen (secondary N) is 2. The minimum Gasteiger partial charge on any atom is -0.346 e. The van der Waals surface area contributed by atoms with Crippen LogP contribution in [-0.4, -0.2) is 19.3 Å². The Kier molecular flexibility index (Phi) is 5.96. The van der Waals surface area contributed by atoms with Crippen molar-refractivity contribution in [1.29, 1.82) is 0 Å². The van der Waals surface area contributed by atoms with E-state index in [1.54, 1.807) is 36.7 Å². The molecule has 1 heterocycles. The molecule has 0 aliphatic carbocycles. The second kappa shape index (κ2) is 8.41. The number of para-hydroxylation sites is 1. The van der Waals surface area contributed by atoms with Gasteiger partial charge in [0, 0.05) is 18.0 Å². The maximum absolute atomic E-state index is 12.5. The van der Waals surface area contributed by atoms with E-state index in [9.17, 15) is 13.2 Å². The molecule has 0 radical (unpaired) electrons. The smallest absolute Gasteiger partial charge is 0.261 e. The van der Waals surface area contributed by atoms with E-state index in [4.69, 9.17) is 11.6 Å². The number of rotatable bonds is 6. The average molecular weight is 416 g/mol. The number of pyridine rings is 1. The number of amides is 1. The van der Waals surface area contributed by atoms with Gasteiger partial charge in [0.05, 0.1) is 21.6 Å². The van der Waals surface area contributed by atoms with E-state index < -0.39 is 10.0 Å². The van der Waals surface area contributed by atoms with Crippen LogP contribution < -0.4 is 10.0 Å². The lowest BCUT2D eigenvalue weighted by atomic mass is 10.1. The van der Waals surface area contributed by atoms with Crippen LogP contribution in [0, 0.1) is 0 Å². The van der Waals surface area contributed by atoms with Crippen LogP contribution in [0.4, 0.5) is 5.69 Å². The number of anilines is 1. The maximum atomic E-state index is 12.5. The molecule has 2 aromatic carbocycles. The second-order valence-corrected chi connectivity index (χ2v) is 8.18. The van der Waals surface area contributed by atoms with E-state index in [1.807, 2.05) is 19.1 Å². The van der Waals surface area contributed by atoms with E-state index >= 15 is 0 Å². The summed E-state index contributed by atoms with van der Waals surface area (Å²) in [6, 6.07) is 15.7. The summed E-state index contributed by atoms with van der Waals surface area (Å²) in [6.45, 7) is 1.86. The number of halogens is 1. The van der Waals surface area contributed by atoms with Crippen LogP contribution in [-0.2, 0) is 10.0 Å². The third-order valence-electron chi connectivity index (χ3n) is 4.10. The fourth-order valence-electron chi connectivity index (χ4n) is 2.55. The predicted molar refractivity (Wildman–Crippen MR) is 109 cm³/mol. The van der Waals surface area contributed by atoms with E-state index in [-0.39, 0.29) is 22.5 Å². The zero-order chi connectivity index (χ0) is 20.1. The van der Waals surface area contributed by atoms with Crippen LogP contribution in [0.25, 0.3) is 0 Å². The normalized spacial score (nSPS) is 12.2. The zero-order valence-electron chi connectivity index (χ0n) is 15.0. The third-order valence-corrected chi connectivity index (χ3v) is 5.81. The van der Waals surface area contributed by atoms with Gasteiger partial charge in [0.15, 0.2) is 0 Å². The SMILES string of the molecule is C[C@H](NC(=O)c1ccc(S(=O)(=O)Nc2ccccc2Cl)cc1)c1ccncc1. The molecule has 0 saturated heterocycles. The number of aromatic nitrogens is 1. The summed E-state index contributed by atoms with van der Waals surface area (Å²) in [5.74, 6) is -0.299. The lowest BCUT2D eigenvalue weighted by Crippen LogP contribution is -2.26. The summed E-state index contributed by atoms with van der Waals surface area (Å²) < 4.78 is 27.5. The third kappa shape index (κ3) is 4.68. The molecule has 3 rings (SSSR count). The molecule has 2 N–H and O–H groups in total. The number of carbonyl (C=O) groups is 1. The molecular weight excluding hydrogens is 398 g/mol. The molecule has 8 heteroatoms. The number of carbonyl (C=O) groups excluding carboxylic acids is 1. The molecule has 28 heavy (non-hydrogen) atoms. The van der Waals surface area contributed by atoms with E-state index in [0.717, 1.165) is 5.56 Å². The van der Waals surface area contributed by atoms with Crippen LogP contribution in [0.3, 0.4) is 0 Å². The van der Waals surface area contributed by atoms with Crippen LogP contribution in [0.2, 0.25) is 5.02 Å². The molecule has 0 fully saturated rings. The van der Waals surface area contributed by atoms with Crippen molar-refractivity contribution in [2.45, 2.75) is 17.9 Å². The van der Waals surface area contributed by atoms with Crippen LogP contribution in [0.5, 0.6) is 0 Å². The molecule has 6 nitrogen and oxygen atoms in total. The molecule has 0 bridgehead atoms. The van der Waals surface area contributed by atoms with Gasteiger partial charge in [-0.05, 0) is 61.0 Å². The van der Waals surface area contributed by atoms with Gasteiger partial charge in [-0.25, -0.2) is 8.42 Å². The maximum Gasteiger partial charge on any atom is 0.261 e. The van der Waals surface area contributed by atoms with Crippen molar-refractivity contribution in [1.82, 2.24) is 10.3 Å². The Morgan fingerprint density at radius 2 is 1.64 bits per heavy atom. The Hall–Kier alpha value is -2.90. The first-order chi connectivity index (χ1) is 13.4. The van der Waals surface area contributed by atoms with Crippen molar-refractivity contribution in [3.63, 3.8) is 0 Å². The standard InChI is InChI=1S/C20H18ClN3O3S/c1-14(15-10-12-22-13-11-15)23-20(25)16-6-8-17(9-7-16)28(26,27)24-19-5-3-2-4-18(19)21/h2-14,24H,1H3,(H,23,25)/t14-/m0/s1. The monoisotopic (exact) mass is 415 g/mol. The lowest BCUT2D eigenvalue weighted by molar-refractivity contribution is 0.0939. The summed E-state index contributed by atoms with van der Waals surface area (Å²) in [5.41, 5.74) is 1.57. The summed E-state index contributed by atoms with van der Waals surface area (Å²) in [7, 11) is -3.82. The molecule has 1 aromatic heterocycles. The number of nitrogens with zero attached hydrogens (tertiary/aromatic N) is 1. The second-order valence-electron chi connectivity index (χ2n) is 6.09. The van der Waals surface area contributed by atoms with Crippen LogP contribution in [0.15, 0.2) is 78.0 Å². The molecule has 1 atom stereocenters. The van der Waals surface area contributed by atoms with E-state index in [0.29, 0.717) is 10.6 Å². The Bertz CT molecular complexity index is 1070. The van der Waals surface area contributed by atoms with Gasteiger partial charge in [-0.15, -0.1) is 0 Å². The average Bonchev–Trinajstić information content (AvgIpc) is 2.70. The largest absolute Gasteiger partial charge is 0.346 e. The fraction of sp³-hybridized carbons (Fsp3) is 0.100. The number of hydrogen-bond donors (Lipinski definition) is 2. The quantitative estimate of drug-likeness (QED) is 0.636. The van der Waals surface area contributed by atoms with Crippen molar-refractivity contribution < 1.29 is 13.2 Å².